The average molecular weight is 262 g/mol. The molecule has 0 spiro atoms. The van der Waals surface area contributed by atoms with Gasteiger partial charge in [0.05, 0.1) is 11.3 Å². The van der Waals surface area contributed by atoms with Crippen LogP contribution in [0.5, 0.6) is 0 Å². The fourth-order valence-corrected chi connectivity index (χ4v) is 2.83. The largest absolute Gasteiger partial charge is 0.370 e. The number of nitriles is 1. The van der Waals surface area contributed by atoms with Crippen molar-refractivity contribution in [1.82, 2.24) is 0 Å². The highest BCUT2D eigenvalue weighted by Gasteiger charge is 2.15. The van der Waals surface area contributed by atoms with Crippen molar-refractivity contribution in [2.24, 2.45) is 0 Å². The molecule has 2 aromatic carbocycles. The first kappa shape index (κ1) is 12.7. The molecule has 2 nitrogen and oxygen atoms in total. The molecule has 0 atom stereocenters. The molecule has 100 valence electrons. The van der Waals surface area contributed by atoms with Crippen LogP contribution in [0.2, 0.25) is 0 Å². The van der Waals surface area contributed by atoms with Crippen molar-refractivity contribution < 1.29 is 0 Å². The first-order chi connectivity index (χ1) is 9.88. The zero-order valence-corrected chi connectivity index (χ0v) is 11.5. The quantitative estimate of drug-likeness (QED) is 0.810. The predicted molar refractivity (Wildman–Crippen MR) is 82.7 cm³/mol. The van der Waals surface area contributed by atoms with Gasteiger partial charge in [0.15, 0.2) is 0 Å². The second-order valence-corrected chi connectivity index (χ2v) is 5.26. The Morgan fingerprint density at radius 3 is 2.30 bits per heavy atom. The Morgan fingerprint density at radius 2 is 1.60 bits per heavy atom. The summed E-state index contributed by atoms with van der Waals surface area (Å²) in [5, 5.41) is 9.33. The van der Waals surface area contributed by atoms with E-state index in [0.717, 1.165) is 24.3 Å². The van der Waals surface area contributed by atoms with Gasteiger partial charge in [-0.15, -0.1) is 0 Å². The van der Waals surface area contributed by atoms with Gasteiger partial charge in [-0.25, -0.2) is 0 Å². The van der Waals surface area contributed by atoms with Crippen molar-refractivity contribution in [3.8, 4) is 17.2 Å². The van der Waals surface area contributed by atoms with Crippen LogP contribution in [0.15, 0.2) is 48.5 Å². The van der Waals surface area contributed by atoms with Gasteiger partial charge in [-0.05, 0) is 42.5 Å². The van der Waals surface area contributed by atoms with Gasteiger partial charge in [-0.2, -0.15) is 5.26 Å². The molecule has 1 heterocycles. The van der Waals surface area contributed by atoms with E-state index in [4.69, 9.17) is 0 Å². The lowest BCUT2D eigenvalue weighted by atomic mass is 10.0. The van der Waals surface area contributed by atoms with Crippen molar-refractivity contribution in [3.05, 3.63) is 54.1 Å². The van der Waals surface area contributed by atoms with Crippen LogP contribution in [-0.4, -0.2) is 13.1 Å². The van der Waals surface area contributed by atoms with Crippen LogP contribution < -0.4 is 4.90 Å². The highest BCUT2D eigenvalue weighted by Crippen LogP contribution is 2.29. The summed E-state index contributed by atoms with van der Waals surface area (Å²) in [6, 6.07) is 18.8. The molecule has 2 heteroatoms. The van der Waals surface area contributed by atoms with Gasteiger partial charge in [-0.1, -0.05) is 36.4 Å². The van der Waals surface area contributed by atoms with E-state index in [9.17, 15) is 5.26 Å². The number of anilines is 1. The molecule has 0 amide bonds. The Kier molecular flexibility index (Phi) is 3.69. The Morgan fingerprint density at radius 1 is 0.850 bits per heavy atom. The van der Waals surface area contributed by atoms with Gasteiger partial charge in [0.2, 0.25) is 0 Å². The standard InChI is InChI=1S/C18H18N2/c19-14-17-10-9-16(15-7-3-1-4-8-15)13-18(17)20-11-5-2-6-12-20/h1,3-4,7-10,13H,2,5-6,11-12H2. The Bertz CT molecular complexity index is 620. The lowest BCUT2D eigenvalue weighted by Gasteiger charge is -2.30. The predicted octanol–water partition coefficient (Wildman–Crippen LogP) is 4.22. The molecule has 2 aromatic rings. The number of rotatable bonds is 2. The smallest absolute Gasteiger partial charge is 0.101 e. The number of piperidine rings is 1. The number of hydrogen-bond donors (Lipinski definition) is 0. The summed E-state index contributed by atoms with van der Waals surface area (Å²) >= 11 is 0. The van der Waals surface area contributed by atoms with E-state index in [0.29, 0.717) is 0 Å². The van der Waals surface area contributed by atoms with E-state index in [-0.39, 0.29) is 0 Å². The van der Waals surface area contributed by atoms with Crippen molar-refractivity contribution >= 4 is 5.69 Å². The van der Waals surface area contributed by atoms with Crippen LogP contribution in [0.25, 0.3) is 11.1 Å². The summed E-state index contributed by atoms with van der Waals surface area (Å²) < 4.78 is 0. The third-order valence-electron chi connectivity index (χ3n) is 3.92. The molecule has 1 aliphatic heterocycles. The van der Waals surface area contributed by atoms with Crippen molar-refractivity contribution in [2.45, 2.75) is 19.3 Å². The van der Waals surface area contributed by atoms with Crippen LogP contribution in [0.4, 0.5) is 5.69 Å². The Hall–Kier alpha value is -2.27. The van der Waals surface area contributed by atoms with E-state index < -0.39 is 0 Å². The van der Waals surface area contributed by atoms with E-state index >= 15 is 0 Å². The van der Waals surface area contributed by atoms with Crippen molar-refractivity contribution in [2.75, 3.05) is 18.0 Å². The highest BCUT2D eigenvalue weighted by molar-refractivity contribution is 5.72. The maximum atomic E-state index is 9.33. The van der Waals surface area contributed by atoms with Gasteiger partial charge in [0.1, 0.15) is 6.07 Å². The molecule has 0 N–H and O–H groups in total. The SMILES string of the molecule is N#Cc1ccc(-c2ccccc2)cc1N1CCCCC1. The summed E-state index contributed by atoms with van der Waals surface area (Å²) in [4.78, 5) is 2.36. The molecule has 0 aliphatic carbocycles. The number of hydrogen-bond acceptors (Lipinski definition) is 2. The normalized spacial score (nSPS) is 14.8. The summed E-state index contributed by atoms with van der Waals surface area (Å²) in [6.07, 6.45) is 3.75. The minimum Gasteiger partial charge on any atom is -0.370 e. The summed E-state index contributed by atoms with van der Waals surface area (Å²) in [5.74, 6) is 0. The lowest BCUT2D eigenvalue weighted by Crippen LogP contribution is -2.30. The first-order valence-electron chi connectivity index (χ1n) is 7.23. The molecular formula is C18H18N2. The van der Waals surface area contributed by atoms with Gasteiger partial charge in [0, 0.05) is 13.1 Å². The van der Waals surface area contributed by atoms with Crippen LogP contribution in [0.3, 0.4) is 0 Å². The van der Waals surface area contributed by atoms with Crippen LogP contribution in [0, 0.1) is 11.3 Å². The molecule has 0 radical (unpaired) electrons. The fourth-order valence-electron chi connectivity index (χ4n) is 2.83. The Labute approximate surface area is 120 Å². The molecule has 0 unspecified atom stereocenters. The van der Waals surface area contributed by atoms with Crippen molar-refractivity contribution in [1.29, 1.82) is 5.26 Å². The molecule has 0 saturated carbocycles. The van der Waals surface area contributed by atoms with E-state index in [1.54, 1.807) is 0 Å². The monoisotopic (exact) mass is 262 g/mol. The first-order valence-corrected chi connectivity index (χ1v) is 7.23. The summed E-state index contributed by atoms with van der Waals surface area (Å²) in [7, 11) is 0. The zero-order valence-electron chi connectivity index (χ0n) is 11.5. The molecule has 3 rings (SSSR count). The molecule has 1 fully saturated rings. The minimum atomic E-state index is 0.784. The number of benzene rings is 2. The van der Waals surface area contributed by atoms with Gasteiger partial charge in [-0.3, -0.25) is 0 Å². The van der Waals surface area contributed by atoms with Gasteiger partial charge in [0.25, 0.3) is 0 Å². The third kappa shape index (κ3) is 2.53. The second kappa shape index (κ2) is 5.79. The Balaban J connectivity index is 2.01. The minimum absolute atomic E-state index is 0.784. The molecule has 0 bridgehead atoms. The molecule has 0 aromatic heterocycles. The maximum Gasteiger partial charge on any atom is 0.101 e. The fraction of sp³-hybridized carbons (Fsp3) is 0.278. The highest BCUT2D eigenvalue weighted by atomic mass is 15.1. The maximum absolute atomic E-state index is 9.33. The second-order valence-electron chi connectivity index (χ2n) is 5.26. The molecule has 1 saturated heterocycles. The molecule has 1 aliphatic rings. The zero-order chi connectivity index (χ0) is 13.8. The number of nitrogens with zero attached hydrogens (tertiary/aromatic N) is 2. The van der Waals surface area contributed by atoms with E-state index in [2.05, 4.69) is 29.2 Å². The van der Waals surface area contributed by atoms with E-state index in [1.165, 1.54) is 30.4 Å². The summed E-state index contributed by atoms with van der Waals surface area (Å²) in [6.45, 7) is 2.12. The molecular weight excluding hydrogens is 244 g/mol. The van der Waals surface area contributed by atoms with Crippen molar-refractivity contribution in [3.63, 3.8) is 0 Å². The van der Waals surface area contributed by atoms with Crippen LogP contribution >= 0.6 is 0 Å². The van der Waals surface area contributed by atoms with E-state index in [1.807, 2.05) is 30.3 Å². The third-order valence-corrected chi connectivity index (χ3v) is 3.92. The van der Waals surface area contributed by atoms with Crippen LogP contribution in [-0.2, 0) is 0 Å². The average Bonchev–Trinajstić information content (AvgIpc) is 2.56. The van der Waals surface area contributed by atoms with Gasteiger partial charge < -0.3 is 4.90 Å². The topological polar surface area (TPSA) is 27.0 Å². The van der Waals surface area contributed by atoms with Crippen LogP contribution in [0.1, 0.15) is 24.8 Å². The molecule has 20 heavy (non-hydrogen) atoms. The lowest BCUT2D eigenvalue weighted by molar-refractivity contribution is 0.577. The van der Waals surface area contributed by atoms with Gasteiger partial charge >= 0.3 is 0 Å². The summed E-state index contributed by atoms with van der Waals surface area (Å²) in [5.41, 5.74) is 4.26.